The fraction of sp³-hybridized carbons (Fsp3) is 0.556. The lowest BCUT2D eigenvalue weighted by Crippen LogP contribution is -2.47. The van der Waals surface area contributed by atoms with Crippen LogP contribution in [-0.2, 0) is 11.3 Å². The molecule has 0 bridgehead atoms. The Hall–Kier alpha value is -1.07. The van der Waals surface area contributed by atoms with E-state index in [-0.39, 0.29) is 6.04 Å². The first kappa shape index (κ1) is 12.0. The quantitative estimate of drug-likeness (QED) is 0.769. The van der Waals surface area contributed by atoms with Crippen molar-refractivity contribution in [3.05, 3.63) is 17.4 Å². The summed E-state index contributed by atoms with van der Waals surface area (Å²) < 4.78 is 1.59. The second kappa shape index (κ2) is 5.14. The molecule has 1 amide bonds. The van der Waals surface area contributed by atoms with Crippen LogP contribution in [0.25, 0.3) is 0 Å². The summed E-state index contributed by atoms with van der Waals surface area (Å²) in [5.74, 6) is -0.393. The predicted molar refractivity (Wildman–Crippen MR) is 58.5 cm³/mol. The van der Waals surface area contributed by atoms with Gasteiger partial charge in [-0.2, -0.15) is 5.10 Å². The number of halogens is 1. The Kier molecular flexibility index (Phi) is 4.11. The monoisotopic (exact) mass is 230 g/mol. The van der Waals surface area contributed by atoms with Crippen molar-refractivity contribution in [1.29, 1.82) is 0 Å². The molecule has 0 aromatic carbocycles. The number of carbonyl (C=O) groups is 1. The maximum absolute atomic E-state index is 11.1. The lowest BCUT2D eigenvalue weighted by Gasteiger charge is -2.17. The number of nitrogens with zero attached hydrogens (tertiary/aromatic N) is 2. The molecule has 1 heterocycles. The Morgan fingerprint density at radius 1 is 1.73 bits per heavy atom. The molecule has 0 saturated carbocycles. The first-order valence-electron chi connectivity index (χ1n) is 4.72. The zero-order valence-corrected chi connectivity index (χ0v) is 9.53. The average molecular weight is 231 g/mol. The Labute approximate surface area is 93.6 Å². The number of nitrogens with two attached hydrogens (primary N) is 1. The summed E-state index contributed by atoms with van der Waals surface area (Å²) in [4.78, 5) is 11.1. The molecule has 15 heavy (non-hydrogen) atoms. The molecule has 1 unspecified atom stereocenters. The Morgan fingerprint density at radius 3 is 2.80 bits per heavy atom. The molecule has 1 aromatic rings. The molecule has 0 aliphatic rings. The van der Waals surface area contributed by atoms with Crippen LogP contribution in [0.1, 0.15) is 13.8 Å². The summed E-state index contributed by atoms with van der Waals surface area (Å²) in [6.07, 6.45) is 3.18. The van der Waals surface area contributed by atoms with Crippen LogP contribution in [0, 0.1) is 0 Å². The molecule has 0 fully saturated rings. The molecule has 1 rings (SSSR count). The van der Waals surface area contributed by atoms with Crippen molar-refractivity contribution in [2.45, 2.75) is 32.5 Å². The van der Waals surface area contributed by atoms with Crippen LogP contribution in [0.5, 0.6) is 0 Å². The molecule has 0 saturated heterocycles. The number of primary amides is 1. The maximum atomic E-state index is 11.1. The van der Waals surface area contributed by atoms with Crippen LogP contribution in [-0.4, -0.2) is 27.8 Å². The predicted octanol–water partition coefficient (Wildman–Crippen LogP) is 0.388. The van der Waals surface area contributed by atoms with E-state index in [9.17, 15) is 4.79 Å². The van der Waals surface area contributed by atoms with Crippen molar-refractivity contribution >= 4 is 17.5 Å². The first-order chi connectivity index (χ1) is 6.99. The Bertz CT molecular complexity index is 337. The number of carbonyl (C=O) groups excluding carboxylic acids is 1. The molecule has 0 aliphatic carbocycles. The van der Waals surface area contributed by atoms with E-state index in [4.69, 9.17) is 17.3 Å². The minimum absolute atomic E-state index is 0.188. The van der Waals surface area contributed by atoms with Crippen molar-refractivity contribution in [1.82, 2.24) is 15.1 Å². The van der Waals surface area contributed by atoms with E-state index in [2.05, 4.69) is 10.4 Å². The average Bonchev–Trinajstić information content (AvgIpc) is 2.49. The van der Waals surface area contributed by atoms with E-state index in [0.717, 1.165) is 0 Å². The Morgan fingerprint density at radius 2 is 2.40 bits per heavy atom. The fourth-order valence-corrected chi connectivity index (χ4v) is 1.41. The van der Waals surface area contributed by atoms with Crippen LogP contribution in [0.4, 0.5) is 0 Å². The van der Waals surface area contributed by atoms with Crippen LogP contribution in [0.15, 0.2) is 12.4 Å². The van der Waals surface area contributed by atoms with Gasteiger partial charge in [-0.3, -0.25) is 9.48 Å². The number of amides is 1. The van der Waals surface area contributed by atoms with Gasteiger partial charge in [-0.05, 0) is 0 Å². The van der Waals surface area contributed by atoms with Gasteiger partial charge < -0.3 is 11.1 Å². The number of hydrogen-bond donors (Lipinski definition) is 2. The topological polar surface area (TPSA) is 72.9 Å². The number of hydrogen-bond acceptors (Lipinski definition) is 3. The fourth-order valence-electron chi connectivity index (χ4n) is 1.25. The molecule has 5 nitrogen and oxygen atoms in total. The van der Waals surface area contributed by atoms with Gasteiger partial charge in [0.1, 0.15) is 6.04 Å². The summed E-state index contributed by atoms with van der Waals surface area (Å²) >= 11 is 5.71. The molecule has 0 aliphatic heterocycles. The molecule has 84 valence electrons. The van der Waals surface area contributed by atoms with Gasteiger partial charge in [-0.25, -0.2) is 0 Å². The summed E-state index contributed by atoms with van der Waals surface area (Å²) in [6.45, 7) is 4.29. The van der Waals surface area contributed by atoms with Gasteiger partial charge in [0.05, 0.1) is 17.8 Å². The van der Waals surface area contributed by atoms with Crippen LogP contribution < -0.4 is 11.1 Å². The zero-order valence-electron chi connectivity index (χ0n) is 8.77. The number of aromatic nitrogens is 2. The highest BCUT2D eigenvalue weighted by Gasteiger charge is 2.16. The van der Waals surface area contributed by atoms with Gasteiger partial charge in [0.15, 0.2) is 0 Å². The summed E-state index contributed by atoms with van der Waals surface area (Å²) in [6, 6.07) is -0.241. The smallest absolute Gasteiger partial charge is 0.236 e. The number of rotatable bonds is 5. The molecule has 1 atom stereocenters. The highest BCUT2D eigenvalue weighted by molar-refractivity contribution is 6.30. The second-order valence-electron chi connectivity index (χ2n) is 3.66. The van der Waals surface area contributed by atoms with Crippen LogP contribution in [0.2, 0.25) is 5.02 Å². The maximum Gasteiger partial charge on any atom is 0.236 e. The van der Waals surface area contributed by atoms with E-state index in [1.807, 2.05) is 13.8 Å². The van der Waals surface area contributed by atoms with E-state index >= 15 is 0 Å². The third-order valence-electron chi connectivity index (χ3n) is 1.85. The Balaban J connectivity index is 2.62. The van der Waals surface area contributed by atoms with Crippen molar-refractivity contribution in [3.63, 3.8) is 0 Å². The lowest BCUT2D eigenvalue weighted by atomic mass is 10.2. The molecule has 6 heteroatoms. The minimum Gasteiger partial charge on any atom is -0.368 e. The molecular formula is C9H15ClN4O. The molecular weight excluding hydrogens is 216 g/mol. The largest absolute Gasteiger partial charge is 0.368 e. The highest BCUT2D eigenvalue weighted by atomic mass is 35.5. The van der Waals surface area contributed by atoms with Crippen LogP contribution in [0.3, 0.4) is 0 Å². The second-order valence-corrected chi connectivity index (χ2v) is 4.09. The van der Waals surface area contributed by atoms with Crippen molar-refractivity contribution in [2.75, 3.05) is 0 Å². The minimum atomic E-state index is -0.430. The first-order valence-corrected chi connectivity index (χ1v) is 5.10. The molecule has 0 spiro atoms. The van der Waals surface area contributed by atoms with Gasteiger partial charge in [-0.15, -0.1) is 0 Å². The summed E-state index contributed by atoms with van der Waals surface area (Å²) in [5.41, 5.74) is 5.26. The van der Waals surface area contributed by atoms with E-state index in [0.29, 0.717) is 11.6 Å². The molecule has 3 N–H and O–H groups in total. The highest BCUT2D eigenvalue weighted by Crippen LogP contribution is 2.05. The van der Waals surface area contributed by atoms with Crippen molar-refractivity contribution < 1.29 is 4.79 Å². The summed E-state index contributed by atoms with van der Waals surface area (Å²) in [5, 5.41) is 7.58. The van der Waals surface area contributed by atoms with Gasteiger partial charge >= 0.3 is 0 Å². The third-order valence-corrected chi connectivity index (χ3v) is 2.04. The van der Waals surface area contributed by atoms with Crippen LogP contribution >= 0.6 is 11.6 Å². The van der Waals surface area contributed by atoms with Gasteiger partial charge in [0.2, 0.25) is 5.91 Å². The van der Waals surface area contributed by atoms with E-state index < -0.39 is 11.9 Å². The lowest BCUT2D eigenvalue weighted by molar-refractivity contribution is -0.120. The SMILES string of the molecule is CC(C)NC(Cn1cc(Cl)cn1)C(N)=O. The third kappa shape index (κ3) is 3.89. The molecule has 1 aromatic heterocycles. The van der Waals surface area contributed by atoms with Gasteiger partial charge in [0.25, 0.3) is 0 Å². The normalized spacial score (nSPS) is 13.1. The van der Waals surface area contributed by atoms with Crippen molar-refractivity contribution in [3.8, 4) is 0 Å². The van der Waals surface area contributed by atoms with E-state index in [1.54, 1.807) is 10.9 Å². The van der Waals surface area contributed by atoms with Gasteiger partial charge in [0, 0.05) is 12.2 Å². The van der Waals surface area contributed by atoms with E-state index in [1.165, 1.54) is 6.20 Å². The molecule has 0 radical (unpaired) electrons. The number of nitrogens with one attached hydrogen (secondary N) is 1. The van der Waals surface area contributed by atoms with Crippen molar-refractivity contribution in [2.24, 2.45) is 5.73 Å². The standard InChI is InChI=1S/C9H15ClN4O/c1-6(2)13-8(9(11)15)5-14-4-7(10)3-12-14/h3-4,6,8,13H,5H2,1-2H3,(H2,11,15). The summed E-state index contributed by atoms with van der Waals surface area (Å²) in [7, 11) is 0. The zero-order chi connectivity index (χ0) is 11.4. The van der Waals surface area contributed by atoms with Gasteiger partial charge in [-0.1, -0.05) is 25.4 Å².